The molecule has 0 fully saturated rings. The van der Waals surface area contributed by atoms with Crippen LogP contribution in [-0.2, 0) is 55.2 Å². The second kappa shape index (κ2) is 36.3. The molecule has 0 saturated heterocycles. The van der Waals surface area contributed by atoms with Gasteiger partial charge in [-0.15, -0.1) is 92.5 Å². The predicted octanol–water partition coefficient (Wildman–Crippen LogP) is 23.4. The van der Waals surface area contributed by atoms with E-state index in [1.54, 1.807) is 22.7 Å². The van der Waals surface area contributed by atoms with Gasteiger partial charge in [0.2, 0.25) is 0 Å². The van der Waals surface area contributed by atoms with Crippen LogP contribution in [0.25, 0.3) is 74.7 Å². The van der Waals surface area contributed by atoms with Crippen molar-refractivity contribution in [3.8, 4) is 54.5 Å². The Balaban J connectivity index is 0.000000268. The summed E-state index contributed by atoms with van der Waals surface area (Å²) in [7, 11) is 0. The van der Waals surface area contributed by atoms with Crippen LogP contribution in [0.3, 0.4) is 0 Å². The first-order valence-corrected chi connectivity index (χ1v) is 33.6. The first kappa shape index (κ1) is 76.5. The van der Waals surface area contributed by atoms with Gasteiger partial charge in [-0.3, -0.25) is 9.59 Å². The van der Waals surface area contributed by atoms with Crippen LogP contribution in [-0.4, -0.2) is 31.7 Å². The van der Waals surface area contributed by atoms with Crippen LogP contribution in [0.2, 0.25) is 0 Å². The molecule has 5 aromatic carbocycles. The minimum absolute atomic E-state index is 0. The summed E-state index contributed by atoms with van der Waals surface area (Å²) in [4.78, 5) is 35.4. The Hall–Kier alpha value is -5.96. The normalized spacial score (nSPS) is 11.6. The standard InChI is InChI=1S/C29H24NS.C25H24NS.2C13H24O2.2Ir/c1-18-12-19(2)14-24(13-18)26-15-25-16-27(31-28(25)17-30-26)22-8-10-23(11-9-22)29-20(3)6-5-7-21(29)4;1-16-10-17(2)12-19(11-16)22-13-20-14-23(27-24(20)15-26-22)18-6-8-21(9-7-18)25(3,4)5;2*1-5-10(6-2)12(14)9-13(15)11(7-3)8-4;;/h5-13,15-17H,1-4H3;6-11,13-15H,1-5H3;2*9-11,14H,5-8H2,1-4H3;;/q2*-1;;;;. The maximum atomic E-state index is 11.7. The van der Waals surface area contributed by atoms with Gasteiger partial charge in [-0.1, -0.05) is 183 Å². The van der Waals surface area contributed by atoms with Crippen molar-refractivity contribution in [1.82, 2.24) is 9.97 Å². The second-order valence-electron chi connectivity index (χ2n) is 24.6. The molecule has 0 saturated carbocycles. The summed E-state index contributed by atoms with van der Waals surface area (Å²) in [6.07, 6.45) is 13.8. The molecule has 2 radical (unpaired) electrons. The smallest absolute Gasteiger partial charge is 0.162 e. The summed E-state index contributed by atoms with van der Waals surface area (Å²) in [5, 5.41) is 22.0. The van der Waals surface area contributed by atoms with Crippen molar-refractivity contribution < 1.29 is 60.0 Å². The number of hydrogen-bond acceptors (Lipinski definition) is 8. The summed E-state index contributed by atoms with van der Waals surface area (Å²) in [5.74, 6) is 1.09. The van der Waals surface area contributed by atoms with E-state index in [-0.39, 0.29) is 92.4 Å². The molecule has 0 aliphatic rings. The van der Waals surface area contributed by atoms with Crippen molar-refractivity contribution in [2.24, 2.45) is 23.7 Å². The molecule has 9 rings (SSSR count). The van der Waals surface area contributed by atoms with Gasteiger partial charge in [0, 0.05) is 98.2 Å². The average Bonchev–Trinajstić information content (AvgIpc) is 2.20. The largest absolute Gasteiger partial charge is 0.512 e. The van der Waals surface area contributed by atoms with E-state index in [0.717, 1.165) is 85.0 Å². The van der Waals surface area contributed by atoms with Gasteiger partial charge < -0.3 is 20.2 Å². The van der Waals surface area contributed by atoms with Gasteiger partial charge in [0.15, 0.2) is 11.6 Å². The van der Waals surface area contributed by atoms with E-state index >= 15 is 0 Å². The third-order valence-corrected chi connectivity index (χ3v) is 19.1. The molecule has 10 heteroatoms. The number of aliphatic hydroxyl groups is 2. The second-order valence-corrected chi connectivity index (χ2v) is 26.8. The minimum atomic E-state index is 0. The Kier molecular flexibility index (Phi) is 30.9. The summed E-state index contributed by atoms with van der Waals surface area (Å²) in [5.41, 5.74) is 18.2. The summed E-state index contributed by atoms with van der Waals surface area (Å²) in [6, 6.07) is 48.8. The van der Waals surface area contributed by atoms with E-state index in [9.17, 15) is 19.8 Å². The zero-order valence-corrected chi connectivity index (χ0v) is 62.8. The van der Waals surface area contributed by atoms with Crippen LogP contribution in [0.15, 0.2) is 151 Å². The number of hydrogen-bond donors (Lipinski definition) is 2. The molecule has 0 aliphatic heterocycles. The third kappa shape index (κ3) is 21.0. The third-order valence-electron chi connectivity index (χ3n) is 16.8. The van der Waals surface area contributed by atoms with Crippen molar-refractivity contribution >= 4 is 54.4 Å². The van der Waals surface area contributed by atoms with Crippen molar-refractivity contribution in [3.63, 3.8) is 0 Å². The zero-order valence-electron chi connectivity index (χ0n) is 56.3. The molecule has 0 amide bonds. The molecule has 0 aliphatic carbocycles. The van der Waals surface area contributed by atoms with Crippen molar-refractivity contribution in [1.29, 1.82) is 0 Å². The summed E-state index contributed by atoms with van der Waals surface area (Å²) < 4.78 is 2.43. The molecule has 2 N–H and O–H groups in total. The first-order chi connectivity index (χ1) is 42.0. The maximum Gasteiger partial charge on any atom is 0.162 e. The van der Waals surface area contributed by atoms with Gasteiger partial charge in [-0.25, -0.2) is 0 Å². The molecule has 4 heterocycles. The number of benzene rings is 5. The molecular weight excluding hydrogens is 1500 g/mol. The quantitative estimate of drug-likeness (QED) is 0.0475. The molecule has 0 atom stereocenters. The van der Waals surface area contributed by atoms with E-state index in [4.69, 9.17) is 9.97 Å². The van der Waals surface area contributed by atoms with E-state index < -0.39 is 0 Å². The van der Waals surface area contributed by atoms with E-state index in [1.165, 1.54) is 92.1 Å². The molecule has 0 bridgehead atoms. The maximum absolute atomic E-state index is 11.7. The number of allylic oxidation sites excluding steroid dienone is 4. The Morgan fingerprint density at radius 1 is 0.478 bits per heavy atom. The Morgan fingerprint density at radius 2 is 0.822 bits per heavy atom. The average molecular weight is 1600 g/mol. The Labute approximate surface area is 575 Å². The number of fused-ring (bicyclic) bond motifs is 2. The molecule has 0 spiro atoms. The Bertz CT molecular complexity index is 3700. The topological polar surface area (TPSA) is 100 Å². The summed E-state index contributed by atoms with van der Waals surface area (Å²) in [6.45, 7) is 35.7. The number of carbonyl (C=O) groups is 2. The van der Waals surface area contributed by atoms with Crippen LogP contribution in [0.1, 0.15) is 166 Å². The number of pyridine rings is 2. The molecular formula is C80H96Ir2N2O4S2-2. The van der Waals surface area contributed by atoms with Gasteiger partial charge in [0.1, 0.15) is 0 Å². The number of aliphatic hydroxyl groups excluding tert-OH is 2. The summed E-state index contributed by atoms with van der Waals surface area (Å²) >= 11 is 3.60. The molecule has 90 heavy (non-hydrogen) atoms. The molecule has 0 unspecified atom stereocenters. The van der Waals surface area contributed by atoms with Crippen LogP contribution < -0.4 is 0 Å². The number of aryl methyl sites for hydroxylation is 6. The fourth-order valence-electron chi connectivity index (χ4n) is 11.3. The van der Waals surface area contributed by atoms with Crippen molar-refractivity contribution in [3.05, 3.63) is 202 Å². The minimum Gasteiger partial charge on any atom is -0.512 e. The van der Waals surface area contributed by atoms with E-state index in [0.29, 0.717) is 0 Å². The van der Waals surface area contributed by atoms with Crippen LogP contribution in [0.4, 0.5) is 0 Å². The molecule has 482 valence electrons. The number of thiophene rings is 2. The van der Waals surface area contributed by atoms with Gasteiger partial charge >= 0.3 is 0 Å². The van der Waals surface area contributed by atoms with Gasteiger partial charge in [0.25, 0.3) is 0 Å². The number of rotatable bonds is 19. The van der Waals surface area contributed by atoms with Gasteiger partial charge in [0.05, 0.1) is 20.9 Å². The fraction of sp³-hybridized carbons (Fsp3) is 0.375. The van der Waals surface area contributed by atoms with Crippen molar-refractivity contribution in [2.75, 3.05) is 0 Å². The van der Waals surface area contributed by atoms with Crippen LogP contribution in [0.5, 0.6) is 0 Å². The SMILES string of the molecule is CCC(CC)C(=O)C=C(O)C(CC)CC.CCC(CC)C(=O)C=C(O)C(CC)CC.Cc1[c-]c(-c2cc3cc(-c4ccc(-c5c(C)cccc5C)cc4)sc3cn2)cc(C)c1.Cc1[c-]c(-c2cc3cc(-c4ccc(C(C)(C)C)cc4)sc3cn2)cc(C)c1.[Ir].[Ir]. The first-order valence-electron chi connectivity index (χ1n) is 32.0. The molecule has 6 nitrogen and oxygen atoms in total. The number of carbonyl (C=O) groups excluding carboxylic acids is 2. The predicted molar refractivity (Wildman–Crippen MR) is 379 cm³/mol. The Morgan fingerprint density at radius 3 is 1.16 bits per heavy atom. The number of aromatic nitrogens is 2. The zero-order chi connectivity index (χ0) is 64.4. The fourth-order valence-corrected chi connectivity index (χ4v) is 13.3. The number of nitrogens with zero attached hydrogens (tertiary/aromatic N) is 2. The van der Waals surface area contributed by atoms with E-state index in [1.807, 2.05) is 67.8 Å². The van der Waals surface area contributed by atoms with E-state index in [2.05, 4.69) is 190 Å². The molecule has 9 aromatic rings. The van der Waals surface area contributed by atoms with Crippen LogP contribution in [0, 0.1) is 77.3 Å². The van der Waals surface area contributed by atoms with Crippen molar-refractivity contribution in [2.45, 2.75) is 174 Å². The monoisotopic (exact) mass is 1600 g/mol. The number of ketones is 2. The van der Waals surface area contributed by atoms with Gasteiger partial charge in [-0.2, -0.15) is 0 Å². The molecule has 4 aromatic heterocycles. The van der Waals surface area contributed by atoms with Gasteiger partial charge in [-0.05, 0) is 144 Å². The van der Waals surface area contributed by atoms with Crippen LogP contribution >= 0.6 is 22.7 Å².